The molecule has 0 bridgehead atoms. The van der Waals surface area contributed by atoms with E-state index in [9.17, 15) is 28.9 Å². The van der Waals surface area contributed by atoms with Gasteiger partial charge in [0.15, 0.2) is 6.10 Å². The van der Waals surface area contributed by atoms with E-state index in [2.05, 4.69) is 118 Å². The first-order valence-electron chi connectivity index (χ1n) is 33.1. The van der Waals surface area contributed by atoms with E-state index in [0.717, 1.165) is 135 Å². The van der Waals surface area contributed by atoms with Crippen LogP contribution in [0.1, 0.15) is 290 Å². The molecule has 0 rings (SSSR count). The van der Waals surface area contributed by atoms with E-state index in [1.807, 2.05) is 0 Å². The number of unbranched alkanes of at least 4 members (excludes halogenated alkanes) is 28. The molecule has 0 aliphatic rings. The van der Waals surface area contributed by atoms with Gasteiger partial charge in [-0.1, -0.05) is 246 Å². The molecule has 3 atom stereocenters. The Labute approximate surface area is 502 Å². The Morgan fingerprint density at radius 1 is 0.354 bits per heavy atom. The van der Waals surface area contributed by atoms with Crippen LogP contribution < -0.4 is 0 Å². The highest BCUT2D eigenvalue weighted by atomic mass is 31.2. The molecule has 82 heavy (non-hydrogen) atoms. The summed E-state index contributed by atoms with van der Waals surface area (Å²) in [6, 6.07) is 0. The molecule has 12 heteroatoms. The molecule has 0 heterocycles. The van der Waals surface area contributed by atoms with E-state index in [4.69, 9.17) is 23.3 Å². The van der Waals surface area contributed by atoms with Crippen LogP contribution in [0, 0.1) is 0 Å². The summed E-state index contributed by atoms with van der Waals surface area (Å²) in [5, 5.41) is 9.86. The largest absolute Gasteiger partial charge is 0.472 e. The van der Waals surface area contributed by atoms with E-state index >= 15 is 0 Å². The lowest BCUT2D eigenvalue weighted by Gasteiger charge is -2.21. The van der Waals surface area contributed by atoms with E-state index in [1.54, 1.807) is 0 Å². The van der Waals surface area contributed by atoms with Gasteiger partial charge in [-0.25, -0.2) is 4.57 Å². The summed E-state index contributed by atoms with van der Waals surface area (Å²) >= 11 is 0. The van der Waals surface area contributed by atoms with Crippen molar-refractivity contribution in [3.63, 3.8) is 0 Å². The summed E-state index contributed by atoms with van der Waals surface area (Å²) < 4.78 is 39.7. The van der Waals surface area contributed by atoms with Crippen molar-refractivity contribution in [1.29, 1.82) is 0 Å². The molecule has 0 aromatic heterocycles. The Morgan fingerprint density at radius 3 is 0.976 bits per heavy atom. The zero-order chi connectivity index (χ0) is 59.8. The van der Waals surface area contributed by atoms with Crippen molar-refractivity contribution in [2.75, 3.05) is 26.4 Å². The minimum absolute atomic E-state index is 0.148. The van der Waals surface area contributed by atoms with Crippen molar-refractivity contribution in [2.24, 2.45) is 0 Å². The molecule has 3 unspecified atom stereocenters. The van der Waals surface area contributed by atoms with Crippen molar-refractivity contribution in [2.45, 2.75) is 303 Å². The highest BCUT2D eigenvalue weighted by molar-refractivity contribution is 7.47. The van der Waals surface area contributed by atoms with Gasteiger partial charge in [-0.3, -0.25) is 23.4 Å². The van der Waals surface area contributed by atoms with Gasteiger partial charge in [0.25, 0.3) is 0 Å². The lowest BCUT2D eigenvalue weighted by molar-refractivity contribution is -0.161. The number of hydrogen-bond acceptors (Lipinski definition) is 10. The second-order valence-electron chi connectivity index (χ2n) is 21.9. The van der Waals surface area contributed by atoms with Crippen LogP contribution >= 0.6 is 7.82 Å². The van der Waals surface area contributed by atoms with Gasteiger partial charge in [-0.15, -0.1) is 0 Å². The maximum Gasteiger partial charge on any atom is 0.472 e. The second-order valence-corrected chi connectivity index (χ2v) is 23.3. The minimum atomic E-state index is -4.77. The Balaban J connectivity index is 4.73. The molecule has 0 aromatic rings. The summed E-state index contributed by atoms with van der Waals surface area (Å²) in [5.74, 6) is -1.49. The minimum Gasteiger partial charge on any atom is -0.462 e. The summed E-state index contributed by atoms with van der Waals surface area (Å²) in [6.45, 7) is 4.49. The maximum atomic E-state index is 13.0. The SMILES string of the molecule is CC/C=C\C/C=C\C/C=C\CCCCCCCCCC(=O)OC(CO)COP(=O)(O)OCC(COC(=O)CCCCCCCCCCC/C=C\C/C=C\CCCCC)OC(=O)CCCCCCCC/C=C\C/C=C\C/C=C\CCCCC. The van der Waals surface area contributed by atoms with Gasteiger partial charge in [0.1, 0.15) is 12.7 Å². The van der Waals surface area contributed by atoms with Gasteiger partial charge in [-0.05, 0) is 122 Å². The number of allylic oxidation sites excluding steroid dienone is 16. The summed E-state index contributed by atoms with van der Waals surface area (Å²) in [5.41, 5.74) is 0. The highest BCUT2D eigenvalue weighted by Gasteiger charge is 2.28. The number of phosphoric ester groups is 1. The van der Waals surface area contributed by atoms with Crippen LogP contribution in [0.5, 0.6) is 0 Å². The zero-order valence-corrected chi connectivity index (χ0v) is 53.3. The fraction of sp³-hybridized carbons (Fsp3) is 0.729. The van der Waals surface area contributed by atoms with Crippen LogP contribution in [0.2, 0.25) is 0 Å². The summed E-state index contributed by atoms with van der Waals surface area (Å²) in [4.78, 5) is 48.8. The fourth-order valence-electron chi connectivity index (χ4n) is 8.94. The number of carbonyl (C=O) groups excluding carboxylic acids is 3. The number of aliphatic hydroxyl groups excluding tert-OH is 1. The second kappa shape index (κ2) is 63.4. The first-order chi connectivity index (χ1) is 40.2. The van der Waals surface area contributed by atoms with Crippen LogP contribution in [0.4, 0.5) is 0 Å². The number of phosphoric acid groups is 1. The van der Waals surface area contributed by atoms with Crippen LogP contribution in [0.3, 0.4) is 0 Å². The van der Waals surface area contributed by atoms with Crippen LogP contribution in [0.25, 0.3) is 0 Å². The molecule has 0 aliphatic carbocycles. The number of ether oxygens (including phenoxy) is 3. The number of aliphatic hydroxyl groups is 1. The fourth-order valence-corrected chi connectivity index (χ4v) is 9.72. The Morgan fingerprint density at radius 2 is 0.634 bits per heavy atom. The average molecular weight is 1170 g/mol. The maximum absolute atomic E-state index is 13.0. The molecule has 0 fully saturated rings. The average Bonchev–Trinajstić information content (AvgIpc) is 3.49. The Hall–Kier alpha value is -3.60. The lowest BCUT2D eigenvalue weighted by atomic mass is 10.1. The molecule has 0 amide bonds. The number of esters is 3. The standard InChI is InChI=1S/C70H121O11P/c1-4-7-10-13-16-19-22-25-28-31-33-36-38-41-44-47-50-53-56-59-68(72)77-63-67(81-70(74)61-58-55-52-49-46-43-40-37-34-32-29-26-23-20-17-14-11-8-5-2)65-79-82(75,76)78-64-66(62-71)80-69(73)60-57-54-51-48-45-42-39-35-30-27-24-21-18-15-12-9-6-3/h9,12,16-21,25-30,34,37,66-67,71H,4-8,10-11,13-15,22-24,31-33,35-36,38-65H2,1-3H3,(H,75,76)/b12-9-,19-16-,20-17-,21-18-,28-25-,29-26-,30-27-,37-34-. The summed E-state index contributed by atoms with van der Waals surface area (Å²) in [7, 11) is -4.77. The van der Waals surface area contributed by atoms with Crippen LogP contribution in [0.15, 0.2) is 97.2 Å². The Bertz CT molecular complexity index is 1750. The molecule has 0 saturated heterocycles. The predicted molar refractivity (Wildman–Crippen MR) is 344 cm³/mol. The first-order valence-corrected chi connectivity index (χ1v) is 34.6. The lowest BCUT2D eigenvalue weighted by Crippen LogP contribution is -2.30. The molecule has 0 radical (unpaired) electrons. The third-order valence-electron chi connectivity index (χ3n) is 14.0. The third kappa shape index (κ3) is 61.0. The smallest absolute Gasteiger partial charge is 0.462 e. The zero-order valence-electron chi connectivity index (χ0n) is 52.4. The van der Waals surface area contributed by atoms with E-state index < -0.39 is 57.8 Å². The van der Waals surface area contributed by atoms with Gasteiger partial charge in [0, 0.05) is 19.3 Å². The predicted octanol–water partition coefficient (Wildman–Crippen LogP) is 20.4. The van der Waals surface area contributed by atoms with Gasteiger partial charge in [0.2, 0.25) is 0 Å². The third-order valence-corrected chi connectivity index (χ3v) is 14.9. The number of rotatable bonds is 61. The molecule has 0 aliphatic heterocycles. The number of carbonyl (C=O) groups is 3. The topological polar surface area (TPSA) is 155 Å². The van der Waals surface area contributed by atoms with E-state index in [1.165, 1.54) is 96.3 Å². The van der Waals surface area contributed by atoms with Gasteiger partial charge < -0.3 is 24.2 Å². The van der Waals surface area contributed by atoms with Crippen molar-refractivity contribution in [1.82, 2.24) is 0 Å². The van der Waals surface area contributed by atoms with Crippen molar-refractivity contribution in [3.8, 4) is 0 Å². The van der Waals surface area contributed by atoms with E-state index in [0.29, 0.717) is 19.3 Å². The summed E-state index contributed by atoms with van der Waals surface area (Å²) in [6.07, 6.45) is 76.3. The highest BCUT2D eigenvalue weighted by Crippen LogP contribution is 2.43. The van der Waals surface area contributed by atoms with Gasteiger partial charge >= 0.3 is 25.7 Å². The molecule has 11 nitrogen and oxygen atoms in total. The van der Waals surface area contributed by atoms with Crippen molar-refractivity contribution >= 4 is 25.7 Å². The van der Waals surface area contributed by atoms with Crippen molar-refractivity contribution in [3.05, 3.63) is 97.2 Å². The molecule has 2 N–H and O–H groups in total. The molecular formula is C70H121O11P. The molecule has 0 aromatic carbocycles. The van der Waals surface area contributed by atoms with Crippen LogP contribution in [-0.4, -0.2) is 66.5 Å². The number of hydrogen-bond donors (Lipinski definition) is 2. The molecule has 472 valence electrons. The van der Waals surface area contributed by atoms with Crippen LogP contribution in [-0.2, 0) is 42.2 Å². The normalized spacial score (nSPS) is 13.9. The van der Waals surface area contributed by atoms with E-state index in [-0.39, 0.29) is 25.9 Å². The first kappa shape index (κ1) is 78.4. The van der Waals surface area contributed by atoms with Gasteiger partial charge in [0.05, 0.1) is 19.8 Å². The van der Waals surface area contributed by atoms with Gasteiger partial charge in [-0.2, -0.15) is 0 Å². The Kier molecular flexibility index (Phi) is 60.6. The van der Waals surface area contributed by atoms with Crippen molar-refractivity contribution < 1.29 is 52.2 Å². The molecular weight excluding hydrogens is 1050 g/mol. The quantitative estimate of drug-likeness (QED) is 0.0197. The molecule has 0 saturated carbocycles. The molecule has 0 spiro atoms. The monoisotopic (exact) mass is 1170 g/mol.